The molecule has 3 heteroatoms. The summed E-state index contributed by atoms with van der Waals surface area (Å²) in [5.74, 6) is -0.0615. The molecule has 0 saturated carbocycles. The topological polar surface area (TPSA) is 41.1 Å². The Hall–Kier alpha value is -2.91. The zero-order chi connectivity index (χ0) is 18.6. The smallest absolute Gasteiger partial charge is 0.265 e. The molecule has 0 aromatic heterocycles. The molecular weight excluding hydrogens is 320 g/mol. The summed E-state index contributed by atoms with van der Waals surface area (Å²) in [6.45, 7) is 8.11. The largest absolute Gasteiger partial charge is 0.287 e. The molecule has 2 N–H and O–H groups in total. The van der Waals surface area contributed by atoms with Crippen molar-refractivity contribution in [1.29, 1.82) is 0 Å². The number of carbonyl (C=O) groups is 1. The summed E-state index contributed by atoms with van der Waals surface area (Å²) >= 11 is 0. The van der Waals surface area contributed by atoms with Gasteiger partial charge in [-0.3, -0.25) is 10.2 Å². The summed E-state index contributed by atoms with van der Waals surface area (Å²) in [6.07, 6.45) is 1.90. The molecule has 0 saturated heterocycles. The zero-order valence-corrected chi connectivity index (χ0v) is 15.2. The van der Waals surface area contributed by atoms with Crippen molar-refractivity contribution < 1.29 is 4.79 Å². The van der Waals surface area contributed by atoms with Crippen molar-refractivity contribution in [2.75, 3.05) is 0 Å². The van der Waals surface area contributed by atoms with Crippen LogP contribution in [-0.2, 0) is 5.54 Å². The van der Waals surface area contributed by atoms with Gasteiger partial charge < -0.3 is 0 Å². The van der Waals surface area contributed by atoms with Crippen molar-refractivity contribution in [2.45, 2.75) is 19.4 Å². The Labute approximate surface area is 154 Å². The van der Waals surface area contributed by atoms with E-state index >= 15 is 0 Å². The number of hydrogen-bond acceptors (Lipinski definition) is 2. The van der Waals surface area contributed by atoms with Gasteiger partial charge in [-0.05, 0) is 47.4 Å². The minimum Gasteiger partial charge on any atom is -0.287 e. The van der Waals surface area contributed by atoms with Crippen molar-refractivity contribution in [2.24, 2.45) is 5.92 Å². The molecule has 3 rings (SSSR count). The van der Waals surface area contributed by atoms with Crippen LogP contribution in [0.1, 0.15) is 29.8 Å². The van der Waals surface area contributed by atoms with Crippen LogP contribution >= 0.6 is 0 Å². The number of hydrogen-bond donors (Lipinski definition) is 2. The lowest BCUT2D eigenvalue weighted by atomic mass is 9.80. The summed E-state index contributed by atoms with van der Waals surface area (Å²) < 4.78 is 0. The maximum Gasteiger partial charge on any atom is 0.265 e. The Morgan fingerprint density at radius 2 is 1.65 bits per heavy atom. The normalized spacial score (nSPS) is 14.4. The Bertz CT molecular complexity index is 920. The molecule has 0 heterocycles. The molecule has 0 aliphatic heterocycles. The maximum atomic E-state index is 12.4. The van der Waals surface area contributed by atoms with Gasteiger partial charge in [0.2, 0.25) is 0 Å². The molecule has 3 aromatic carbocycles. The van der Waals surface area contributed by atoms with E-state index < -0.39 is 5.54 Å². The Morgan fingerprint density at radius 1 is 1.00 bits per heavy atom. The van der Waals surface area contributed by atoms with E-state index in [9.17, 15) is 4.79 Å². The van der Waals surface area contributed by atoms with Gasteiger partial charge in [-0.15, -0.1) is 6.58 Å². The van der Waals surface area contributed by atoms with Crippen LogP contribution in [0.25, 0.3) is 10.8 Å². The summed E-state index contributed by atoms with van der Waals surface area (Å²) in [6, 6.07) is 23.8. The summed E-state index contributed by atoms with van der Waals surface area (Å²) in [7, 11) is 0. The first kappa shape index (κ1) is 17.9. The van der Waals surface area contributed by atoms with Crippen LogP contribution in [-0.4, -0.2) is 5.91 Å². The number of fused-ring (bicyclic) bond motifs is 1. The predicted molar refractivity (Wildman–Crippen MR) is 108 cm³/mol. The fourth-order valence-corrected chi connectivity index (χ4v) is 3.05. The van der Waals surface area contributed by atoms with Crippen LogP contribution in [0.15, 0.2) is 85.5 Å². The average Bonchev–Trinajstić information content (AvgIpc) is 2.71. The lowest BCUT2D eigenvalue weighted by Crippen LogP contribution is -2.53. The van der Waals surface area contributed by atoms with Gasteiger partial charge in [0.1, 0.15) is 0 Å². The van der Waals surface area contributed by atoms with E-state index in [1.807, 2.05) is 36.4 Å². The van der Waals surface area contributed by atoms with E-state index in [2.05, 4.69) is 61.6 Å². The van der Waals surface area contributed by atoms with Gasteiger partial charge in [-0.2, -0.15) is 0 Å². The predicted octanol–water partition coefficient (Wildman–Crippen LogP) is 4.81. The van der Waals surface area contributed by atoms with Crippen LogP contribution in [0.2, 0.25) is 0 Å². The lowest BCUT2D eigenvalue weighted by Gasteiger charge is -2.36. The van der Waals surface area contributed by atoms with Gasteiger partial charge in [0, 0.05) is 5.56 Å². The minimum atomic E-state index is -0.490. The number of benzene rings is 3. The fraction of sp³-hybridized carbons (Fsp3) is 0.174. The highest BCUT2D eigenvalue weighted by Gasteiger charge is 2.32. The standard InChI is InChI=1S/C23H24N2O/c1-4-17(2)23(3,25-24-22(26)19-11-6-5-7-12-19)21-15-14-18-10-8-9-13-20(18)16-21/h4-17,25H,1H2,2-3H3,(H,24,26)/t17-,23+/m1/s1. The number of amides is 1. The molecule has 26 heavy (non-hydrogen) atoms. The van der Waals surface area contributed by atoms with Crippen molar-refractivity contribution >= 4 is 16.7 Å². The van der Waals surface area contributed by atoms with E-state index in [-0.39, 0.29) is 11.8 Å². The van der Waals surface area contributed by atoms with E-state index in [0.717, 1.165) is 5.56 Å². The lowest BCUT2D eigenvalue weighted by molar-refractivity contribution is 0.0894. The number of carbonyl (C=O) groups excluding carboxylic acids is 1. The average molecular weight is 344 g/mol. The fourth-order valence-electron chi connectivity index (χ4n) is 3.05. The Morgan fingerprint density at radius 3 is 2.35 bits per heavy atom. The van der Waals surface area contributed by atoms with Crippen LogP contribution < -0.4 is 10.9 Å². The highest BCUT2D eigenvalue weighted by molar-refractivity contribution is 5.93. The quantitative estimate of drug-likeness (QED) is 0.497. The third-order valence-electron chi connectivity index (χ3n) is 5.09. The first-order valence-electron chi connectivity index (χ1n) is 8.79. The molecule has 0 spiro atoms. The summed E-state index contributed by atoms with van der Waals surface area (Å²) in [4.78, 5) is 12.4. The first-order valence-corrected chi connectivity index (χ1v) is 8.79. The Balaban J connectivity index is 1.90. The van der Waals surface area contributed by atoms with Crippen molar-refractivity contribution in [3.63, 3.8) is 0 Å². The highest BCUT2D eigenvalue weighted by atomic mass is 16.2. The van der Waals surface area contributed by atoms with E-state index in [0.29, 0.717) is 5.56 Å². The molecule has 1 amide bonds. The first-order chi connectivity index (χ1) is 12.5. The minimum absolute atomic E-state index is 0.0970. The molecule has 0 aliphatic rings. The summed E-state index contributed by atoms with van der Waals surface area (Å²) in [5.41, 5.74) is 7.34. The SMILES string of the molecule is C=C[C@@H](C)[C@](C)(NNC(=O)c1ccccc1)c1ccc2ccccc2c1. The highest BCUT2D eigenvalue weighted by Crippen LogP contribution is 2.31. The molecular formula is C23H24N2O. The number of rotatable bonds is 6. The monoisotopic (exact) mass is 344 g/mol. The molecule has 132 valence electrons. The molecule has 0 radical (unpaired) electrons. The molecule has 0 unspecified atom stereocenters. The molecule has 0 fully saturated rings. The van der Waals surface area contributed by atoms with E-state index in [1.54, 1.807) is 12.1 Å². The molecule has 2 atom stereocenters. The van der Waals surface area contributed by atoms with Gasteiger partial charge in [0.15, 0.2) is 0 Å². The summed E-state index contributed by atoms with van der Waals surface area (Å²) in [5, 5.41) is 2.36. The third-order valence-corrected chi connectivity index (χ3v) is 5.09. The second kappa shape index (κ2) is 7.54. The molecule has 3 aromatic rings. The molecule has 3 nitrogen and oxygen atoms in total. The number of hydrazine groups is 1. The van der Waals surface area contributed by atoms with Gasteiger partial charge in [-0.25, -0.2) is 5.43 Å². The van der Waals surface area contributed by atoms with Crippen LogP contribution in [0.3, 0.4) is 0 Å². The van der Waals surface area contributed by atoms with Crippen molar-refractivity contribution in [3.8, 4) is 0 Å². The Kier molecular flexibility index (Phi) is 5.19. The van der Waals surface area contributed by atoms with Crippen LogP contribution in [0, 0.1) is 5.92 Å². The van der Waals surface area contributed by atoms with Crippen molar-refractivity contribution in [3.05, 3.63) is 96.6 Å². The second-order valence-corrected chi connectivity index (χ2v) is 6.73. The molecule has 0 aliphatic carbocycles. The zero-order valence-electron chi connectivity index (χ0n) is 15.2. The molecule has 0 bridgehead atoms. The van der Waals surface area contributed by atoms with Gasteiger partial charge in [0.25, 0.3) is 5.91 Å². The third kappa shape index (κ3) is 3.53. The second-order valence-electron chi connectivity index (χ2n) is 6.73. The van der Waals surface area contributed by atoms with E-state index in [1.165, 1.54) is 10.8 Å². The number of nitrogens with one attached hydrogen (secondary N) is 2. The van der Waals surface area contributed by atoms with Gasteiger partial charge >= 0.3 is 0 Å². The van der Waals surface area contributed by atoms with E-state index in [4.69, 9.17) is 0 Å². The maximum absolute atomic E-state index is 12.4. The van der Waals surface area contributed by atoms with Gasteiger partial charge in [-0.1, -0.05) is 67.6 Å². The van der Waals surface area contributed by atoms with Crippen molar-refractivity contribution in [1.82, 2.24) is 10.9 Å². The van der Waals surface area contributed by atoms with Crippen LogP contribution in [0.5, 0.6) is 0 Å². The van der Waals surface area contributed by atoms with Crippen LogP contribution in [0.4, 0.5) is 0 Å². The van der Waals surface area contributed by atoms with Gasteiger partial charge in [0.05, 0.1) is 5.54 Å².